The quantitative estimate of drug-likeness (QED) is 0.847. The largest absolute Gasteiger partial charge is 0.489 e. The Labute approximate surface area is 147 Å². The van der Waals surface area contributed by atoms with E-state index in [2.05, 4.69) is 0 Å². The van der Waals surface area contributed by atoms with Crippen LogP contribution in [0.15, 0.2) is 48.5 Å². The molecule has 0 fully saturated rings. The van der Waals surface area contributed by atoms with Crippen molar-refractivity contribution in [3.63, 3.8) is 0 Å². The maximum Gasteiger partial charge on any atom is 0.352 e. The number of aliphatic hydroxyl groups is 1. The normalized spacial score (nSPS) is 20.1. The van der Waals surface area contributed by atoms with E-state index in [-0.39, 0.29) is 0 Å². The van der Waals surface area contributed by atoms with Crippen LogP contribution in [0.2, 0.25) is 0 Å². The fourth-order valence-corrected chi connectivity index (χ4v) is 3.02. The number of esters is 1. The van der Waals surface area contributed by atoms with Gasteiger partial charge in [0.25, 0.3) is 0 Å². The van der Waals surface area contributed by atoms with E-state index in [1.54, 1.807) is 6.07 Å². The molecule has 1 aliphatic rings. The van der Waals surface area contributed by atoms with Gasteiger partial charge in [-0.1, -0.05) is 36.4 Å². The lowest BCUT2D eigenvalue weighted by molar-refractivity contribution is -0.171. The number of aliphatic hydroxyl groups excluding tert-OH is 1. The summed E-state index contributed by atoms with van der Waals surface area (Å²) in [6, 6.07) is 15.4. The average Bonchev–Trinajstić information content (AvgIpc) is 2.65. The lowest BCUT2D eigenvalue weighted by Gasteiger charge is -2.38. The van der Waals surface area contributed by atoms with Crippen LogP contribution in [0.5, 0.6) is 11.5 Å². The third kappa shape index (κ3) is 3.46. The second-order valence-electron chi connectivity index (χ2n) is 6.20. The van der Waals surface area contributed by atoms with Gasteiger partial charge in [-0.2, -0.15) is 0 Å². The van der Waals surface area contributed by atoms with E-state index in [1.165, 1.54) is 14.0 Å². The van der Waals surface area contributed by atoms with E-state index in [1.807, 2.05) is 42.5 Å². The van der Waals surface area contributed by atoms with Crippen molar-refractivity contribution in [1.29, 1.82) is 0 Å². The summed E-state index contributed by atoms with van der Waals surface area (Å²) in [4.78, 5) is 12.2. The van der Waals surface area contributed by atoms with Crippen molar-refractivity contribution in [1.82, 2.24) is 0 Å². The Balaban J connectivity index is 1.80. The summed E-state index contributed by atoms with van der Waals surface area (Å²) >= 11 is 0. The predicted octanol–water partition coefficient (Wildman–Crippen LogP) is 2.88. The van der Waals surface area contributed by atoms with Gasteiger partial charge >= 0.3 is 5.97 Å². The zero-order valence-corrected chi connectivity index (χ0v) is 14.4. The number of fused-ring (bicyclic) bond motifs is 1. The number of methoxy groups -OCH3 is 1. The van der Waals surface area contributed by atoms with Gasteiger partial charge in [0, 0.05) is 12.5 Å². The van der Waals surface area contributed by atoms with E-state index in [0.717, 1.165) is 11.1 Å². The van der Waals surface area contributed by atoms with Crippen LogP contribution in [0.3, 0.4) is 0 Å². The molecule has 0 unspecified atom stereocenters. The average molecular weight is 342 g/mol. The van der Waals surface area contributed by atoms with Crippen LogP contribution in [0, 0.1) is 0 Å². The van der Waals surface area contributed by atoms with E-state index in [4.69, 9.17) is 14.2 Å². The van der Waals surface area contributed by atoms with E-state index >= 15 is 0 Å². The van der Waals surface area contributed by atoms with Gasteiger partial charge in [-0.15, -0.1) is 0 Å². The third-order valence-corrected chi connectivity index (χ3v) is 4.55. The summed E-state index contributed by atoms with van der Waals surface area (Å²) in [6.45, 7) is 1.98. The number of ether oxygens (including phenoxy) is 3. The van der Waals surface area contributed by atoms with Crippen LogP contribution in [-0.2, 0) is 22.6 Å². The van der Waals surface area contributed by atoms with E-state index in [9.17, 15) is 9.90 Å². The summed E-state index contributed by atoms with van der Waals surface area (Å²) in [7, 11) is 1.30. The lowest BCUT2D eigenvalue weighted by Crippen LogP contribution is -2.55. The number of aryl methyl sites for hydroxylation is 1. The number of hydrogen-bond donors (Lipinski definition) is 1. The molecule has 0 amide bonds. The number of rotatable bonds is 5. The standard InChI is InChI=1S/C20H22O5/c1-14(21)20(19(22)23-2)11-10-16-8-9-17(12-18(16)25-20)24-13-15-6-4-3-5-7-15/h3-9,12,14,21H,10-11,13H2,1-2H3/t14-,20+/m1/s1. The van der Waals surface area contributed by atoms with Crippen molar-refractivity contribution in [3.8, 4) is 11.5 Å². The second-order valence-corrected chi connectivity index (χ2v) is 6.20. The molecule has 0 saturated heterocycles. The van der Waals surface area contributed by atoms with Crippen LogP contribution in [0.4, 0.5) is 0 Å². The number of benzene rings is 2. The molecule has 2 aromatic rings. The Kier molecular flexibility index (Phi) is 4.95. The monoisotopic (exact) mass is 342 g/mol. The Morgan fingerprint density at radius 2 is 2.04 bits per heavy atom. The van der Waals surface area contributed by atoms with Gasteiger partial charge < -0.3 is 19.3 Å². The molecule has 0 aliphatic carbocycles. The Morgan fingerprint density at radius 3 is 2.72 bits per heavy atom. The molecule has 132 valence electrons. The summed E-state index contributed by atoms with van der Waals surface area (Å²) in [5, 5.41) is 10.1. The fourth-order valence-electron chi connectivity index (χ4n) is 3.02. The molecule has 2 aromatic carbocycles. The topological polar surface area (TPSA) is 65.0 Å². The Morgan fingerprint density at radius 1 is 1.28 bits per heavy atom. The molecule has 3 rings (SSSR count). The van der Waals surface area contributed by atoms with Gasteiger partial charge in [0.15, 0.2) is 0 Å². The van der Waals surface area contributed by atoms with Gasteiger partial charge in [-0.05, 0) is 30.5 Å². The van der Waals surface area contributed by atoms with Gasteiger partial charge in [0.2, 0.25) is 5.60 Å². The van der Waals surface area contributed by atoms with E-state index in [0.29, 0.717) is 30.9 Å². The zero-order valence-electron chi connectivity index (χ0n) is 14.4. The molecule has 1 heterocycles. The molecule has 2 atom stereocenters. The molecule has 0 saturated carbocycles. The minimum atomic E-state index is -1.38. The Bertz CT molecular complexity index is 741. The first-order chi connectivity index (χ1) is 12.0. The first-order valence-electron chi connectivity index (χ1n) is 8.30. The molecule has 0 bridgehead atoms. The smallest absolute Gasteiger partial charge is 0.352 e. The van der Waals surface area contributed by atoms with Crippen molar-refractivity contribution < 1.29 is 24.1 Å². The van der Waals surface area contributed by atoms with Crippen molar-refractivity contribution in [2.24, 2.45) is 0 Å². The fraction of sp³-hybridized carbons (Fsp3) is 0.350. The molecule has 5 heteroatoms. The third-order valence-electron chi connectivity index (χ3n) is 4.55. The van der Waals surface area contributed by atoms with Crippen LogP contribution in [0.25, 0.3) is 0 Å². The summed E-state index contributed by atoms with van der Waals surface area (Å²) < 4.78 is 16.6. The molecular formula is C20H22O5. The highest BCUT2D eigenvalue weighted by Gasteiger charge is 2.49. The summed E-state index contributed by atoms with van der Waals surface area (Å²) in [5.41, 5.74) is 0.668. The highest BCUT2D eigenvalue weighted by Crippen LogP contribution is 2.38. The van der Waals surface area contributed by atoms with Gasteiger partial charge in [0.05, 0.1) is 7.11 Å². The minimum absolute atomic E-state index is 0.370. The lowest BCUT2D eigenvalue weighted by atomic mass is 9.87. The summed E-state index contributed by atoms with van der Waals surface area (Å²) in [6.07, 6.45) is 0.00468. The summed E-state index contributed by atoms with van der Waals surface area (Å²) in [5.74, 6) is 0.626. The molecule has 5 nitrogen and oxygen atoms in total. The second kappa shape index (κ2) is 7.15. The maximum absolute atomic E-state index is 12.2. The Hall–Kier alpha value is -2.53. The van der Waals surface area contributed by atoms with Crippen LogP contribution < -0.4 is 9.47 Å². The van der Waals surface area contributed by atoms with Crippen LogP contribution in [-0.4, -0.2) is 29.9 Å². The van der Waals surface area contributed by atoms with Gasteiger partial charge in [0.1, 0.15) is 24.2 Å². The van der Waals surface area contributed by atoms with Crippen LogP contribution in [0.1, 0.15) is 24.5 Å². The first-order valence-corrected chi connectivity index (χ1v) is 8.30. The SMILES string of the molecule is COC(=O)[C@@]1([C@@H](C)O)CCc2ccc(OCc3ccccc3)cc2O1. The minimum Gasteiger partial charge on any atom is -0.489 e. The molecule has 0 spiro atoms. The number of carbonyl (C=O) groups excluding carboxylic acids is 1. The highest BCUT2D eigenvalue weighted by atomic mass is 16.6. The van der Waals surface area contributed by atoms with E-state index < -0.39 is 17.7 Å². The molecule has 0 aromatic heterocycles. The number of carbonyl (C=O) groups is 1. The molecule has 0 radical (unpaired) electrons. The van der Waals surface area contributed by atoms with Crippen molar-refractivity contribution in [2.75, 3.05) is 7.11 Å². The van der Waals surface area contributed by atoms with Gasteiger partial charge in [-0.25, -0.2) is 4.79 Å². The molecule has 25 heavy (non-hydrogen) atoms. The van der Waals surface area contributed by atoms with Crippen LogP contribution >= 0.6 is 0 Å². The molecular weight excluding hydrogens is 320 g/mol. The predicted molar refractivity (Wildman–Crippen MR) is 92.6 cm³/mol. The molecule has 1 aliphatic heterocycles. The number of hydrogen-bond acceptors (Lipinski definition) is 5. The molecule has 1 N–H and O–H groups in total. The first kappa shape index (κ1) is 17.3. The van der Waals surface area contributed by atoms with Crippen molar-refractivity contribution in [3.05, 3.63) is 59.7 Å². The van der Waals surface area contributed by atoms with Crippen molar-refractivity contribution >= 4 is 5.97 Å². The van der Waals surface area contributed by atoms with Gasteiger partial charge in [-0.3, -0.25) is 0 Å². The van der Waals surface area contributed by atoms with Crippen molar-refractivity contribution in [2.45, 2.75) is 38.1 Å². The highest BCUT2D eigenvalue weighted by molar-refractivity contribution is 5.81. The maximum atomic E-state index is 12.2. The zero-order chi connectivity index (χ0) is 17.9.